The van der Waals surface area contributed by atoms with E-state index in [2.05, 4.69) is 15.5 Å². The van der Waals surface area contributed by atoms with Gasteiger partial charge in [0.15, 0.2) is 11.5 Å². The van der Waals surface area contributed by atoms with Crippen molar-refractivity contribution in [1.82, 2.24) is 10.2 Å². The van der Waals surface area contributed by atoms with Gasteiger partial charge in [-0.3, -0.25) is 9.69 Å². The number of carbonyl (C=O) groups excluding carboxylic acids is 1. The lowest BCUT2D eigenvalue weighted by atomic mass is 10.2. The maximum Gasteiger partial charge on any atom is 0.238 e. The second-order valence-electron chi connectivity index (χ2n) is 4.76. The minimum Gasteiger partial charge on any atom is -0.493 e. The van der Waals surface area contributed by atoms with Gasteiger partial charge < -0.3 is 20.1 Å². The number of ether oxygens (including phenoxy) is 2. The molecule has 0 spiro atoms. The molecule has 1 amide bonds. The summed E-state index contributed by atoms with van der Waals surface area (Å²) in [6, 6.07) is 3.29. The van der Waals surface area contributed by atoms with E-state index < -0.39 is 0 Å². The van der Waals surface area contributed by atoms with E-state index in [9.17, 15) is 4.79 Å². The number of piperazine rings is 1. The zero-order valence-corrected chi connectivity index (χ0v) is 13.0. The quantitative estimate of drug-likeness (QED) is 0.855. The minimum absolute atomic E-state index is 0.0916. The number of carbonyl (C=O) groups is 1. The standard InChI is InChI=1S/C14H20ClN3O3/c1-20-12-7-10(15)11(8-13(12)21-2)17-14(19)9-18-5-3-16-4-6-18/h7-8,16H,3-6,9H2,1-2H3,(H,17,19). The molecule has 1 aromatic carbocycles. The molecular formula is C14H20ClN3O3. The molecule has 1 aromatic rings. The summed E-state index contributed by atoms with van der Waals surface area (Å²) in [6.45, 7) is 3.90. The van der Waals surface area contributed by atoms with E-state index in [1.165, 1.54) is 14.2 Å². The van der Waals surface area contributed by atoms with Crippen molar-refractivity contribution in [3.63, 3.8) is 0 Å². The molecule has 0 bridgehead atoms. The highest BCUT2D eigenvalue weighted by molar-refractivity contribution is 6.34. The monoisotopic (exact) mass is 313 g/mol. The average molecular weight is 314 g/mol. The number of nitrogens with zero attached hydrogens (tertiary/aromatic N) is 1. The SMILES string of the molecule is COc1cc(Cl)c(NC(=O)CN2CCNCC2)cc1OC. The van der Waals surface area contributed by atoms with Gasteiger partial charge >= 0.3 is 0 Å². The molecule has 0 unspecified atom stereocenters. The lowest BCUT2D eigenvalue weighted by molar-refractivity contribution is -0.117. The van der Waals surface area contributed by atoms with Gasteiger partial charge in [0, 0.05) is 38.3 Å². The van der Waals surface area contributed by atoms with Crippen LogP contribution in [0.25, 0.3) is 0 Å². The van der Waals surface area contributed by atoms with Crippen molar-refractivity contribution >= 4 is 23.2 Å². The van der Waals surface area contributed by atoms with Gasteiger partial charge in [0.2, 0.25) is 5.91 Å². The predicted molar refractivity (Wildman–Crippen MR) is 82.5 cm³/mol. The minimum atomic E-state index is -0.0916. The Morgan fingerprint density at radius 3 is 2.52 bits per heavy atom. The summed E-state index contributed by atoms with van der Waals surface area (Å²) in [5, 5.41) is 6.48. The highest BCUT2D eigenvalue weighted by Crippen LogP contribution is 2.35. The normalized spacial score (nSPS) is 15.6. The molecule has 0 saturated carbocycles. The lowest BCUT2D eigenvalue weighted by Gasteiger charge is -2.26. The van der Waals surface area contributed by atoms with E-state index in [1.807, 2.05) is 0 Å². The number of methoxy groups -OCH3 is 2. The van der Waals surface area contributed by atoms with E-state index in [-0.39, 0.29) is 5.91 Å². The van der Waals surface area contributed by atoms with Gasteiger partial charge in [-0.1, -0.05) is 11.6 Å². The van der Waals surface area contributed by atoms with Crippen LogP contribution in [0.5, 0.6) is 11.5 Å². The van der Waals surface area contributed by atoms with Gasteiger partial charge in [-0.25, -0.2) is 0 Å². The summed E-state index contributed by atoms with van der Waals surface area (Å²) in [5.74, 6) is 0.966. The Kier molecular flexibility index (Phi) is 5.67. The van der Waals surface area contributed by atoms with Gasteiger partial charge in [-0.2, -0.15) is 0 Å². The smallest absolute Gasteiger partial charge is 0.238 e. The molecule has 7 heteroatoms. The lowest BCUT2D eigenvalue weighted by Crippen LogP contribution is -2.46. The van der Waals surface area contributed by atoms with Crippen LogP contribution in [0.2, 0.25) is 5.02 Å². The first kappa shape index (κ1) is 15.9. The fourth-order valence-electron chi connectivity index (χ4n) is 2.21. The third-order valence-electron chi connectivity index (χ3n) is 3.32. The zero-order valence-electron chi connectivity index (χ0n) is 12.2. The molecule has 0 aliphatic carbocycles. The number of hydrogen-bond donors (Lipinski definition) is 2. The summed E-state index contributed by atoms with van der Waals surface area (Å²) >= 11 is 6.15. The highest BCUT2D eigenvalue weighted by atomic mass is 35.5. The number of benzene rings is 1. The molecule has 0 radical (unpaired) electrons. The Bertz CT molecular complexity index is 504. The number of anilines is 1. The maximum atomic E-state index is 12.1. The Balaban J connectivity index is 2.02. The fourth-order valence-corrected chi connectivity index (χ4v) is 2.41. The molecule has 0 aromatic heterocycles. The van der Waals surface area contributed by atoms with E-state index >= 15 is 0 Å². The molecule has 21 heavy (non-hydrogen) atoms. The van der Waals surface area contributed by atoms with Crippen LogP contribution in [-0.2, 0) is 4.79 Å². The molecule has 1 aliphatic rings. The Morgan fingerprint density at radius 2 is 1.90 bits per heavy atom. The Labute approximate surface area is 129 Å². The van der Waals surface area contributed by atoms with Crippen LogP contribution in [0.3, 0.4) is 0 Å². The van der Waals surface area contributed by atoms with Crippen LogP contribution in [0.1, 0.15) is 0 Å². The first-order chi connectivity index (χ1) is 10.1. The molecule has 2 N–H and O–H groups in total. The first-order valence-electron chi connectivity index (χ1n) is 6.78. The summed E-state index contributed by atoms with van der Waals surface area (Å²) in [5.41, 5.74) is 0.523. The summed E-state index contributed by atoms with van der Waals surface area (Å²) in [6.07, 6.45) is 0. The largest absolute Gasteiger partial charge is 0.493 e. The molecule has 1 aliphatic heterocycles. The Morgan fingerprint density at radius 1 is 1.29 bits per heavy atom. The van der Waals surface area contributed by atoms with Crippen molar-refractivity contribution in [2.24, 2.45) is 0 Å². The van der Waals surface area contributed by atoms with Crippen molar-refractivity contribution in [3.05, 3.63) is 17.2 Å². The zero-order chi connectivity index (χ0) is 15.2. The molecule has 2 rings (SSSR count). The van der Waals surface area contributed by atoms with Gasteiger partial charge in [0.25, 0.3) is 0 Å². The first-order valence-corrected chi connectivity index (χ1v) is 7.16. The van der Waals surface area contributed by atoms with Crippen LogP contribution in [0.4, 0.5) is 5.69 Å². The third kappa shape index (κ3) is 4.23. The molecule has 6 nitrogen and oxygen atoms in total. The average Bonchev–Trinajstić information content (AvgIpc) is 2.49. The van der Waals surface area contributed by atoms with Crippen LogP contribution in [0.15, 0.2) is 12.1 Å². The third-order valence-corrected chi connectivity index (χ3v) is 3.64. The van der Waals surface area contributed by atoms with E-state index in [4.69, 9.17) is 21.1 Å². The van der Waals surface area contributed by atoms with Gasteiger partial charge in [-0.05, 0) is 0 Å². The summed E-state index contributed by atoms with van der Waals surface area (Å²) in [7, 11) is 3.08. The van der Waals surface area contributed by atoms with Crippen LogP contribution >= 0.6 is 11.6 Å². The number of nitrogens with one attached hydrogen (secondary N) is 2. The number of hydrogen-bond acceptors (Lipinski definition) is 5. The van der Waals surface area contributed by atoms with Crippen LogP contribution in [0, 0.1) is 0 Å². The van der Waals surface area contributed by atoms with Crippen LogP contribution < -0.4 is 20.1 Å². The number of amides is 1. The summed E-state index contributed by atoms with van der Waals surface area (Å²) in [4.78, 5) is 14.2. The van der Waals surface area contributed by atoms with Gasteiger partial charge in [-0.15, -0.1) is 0 Å². The van der Waals surface area contributed by atoms with E-state index in [0.717, 1.165) is 26.2 Å². The van der Waals surface area contributed by atoms with Gasteiger partial charge in [0.1, 0.15) is 0 Å². The number of halogens is 1. The molecular weight excluding hydrogens is 294 g/mol. The molecule has 116 valence electrons. The van der Waals surface area contributed by atoms with Crippen molar-refractivity contribution in [2.75, 3.05) is 52.3 Å². The van der Waals surface area contributed by atoms with Crippen molar-refractivity contribution in [1.29, 1.82) is 0 Å². The second kappa shape index (κ2) is 7.49. The van der Waals surface area contributed by atoms with Gasteiger partial charge in [0.05, 0.1) is 31.5 Å². The molecule has 1 heterocycles. The van der Waals surface area contributed by atoms with Crippen molar-refractivity contribution < 1.29 is 14.3 Å². The predicted octanol–water partition coefficient (Wildman–Crippen LogP) is 1.20. The second-order valence-corrected chi connectivity index (χ2v) is 5.17. The number of rotatable bonds is 5. The highest BCUT2D eigenvalue weighted by Gasteiger charge is 2.16. The molecule has 1 saturated heterocycles. The topological polar surface area (TPSA) is 62.8 Å². The fraction of sp³-hybridized carbons (Fsp3) is 0.500. The van der Waals surface area contributed by atoms with Crippen molar-refractivity contribution in [2.45, 2.75) is 0 Å². The van der Waals surface area contributed by atoms with E-state index in [1.54, 1.807) is 12.1 Å². The van der Waals surface area contributed by atoms with Crippen LogP contribution in [-0.4, -0.2) is 57.8 Å². The molecule has 0 atom stereocenters. The maximum absolute atomic E-state index is 12.1. The van der Waals surface area contributed by atoms with Crippen molar-refractivity contribution in [3.8, 4) is 11.5 Å². The Hall–Kier alpha value is -1.50. The summed E-state index contributed by atoms with van der Waals surface area (Å²) < 4.78 is 10.4. The molecule has 1 fully saturated rings. The van der Waals surface area contributed by atoms with E-state index in [0.29, 0.717) is 28.8 Å².